The van der Waals surface area contributed by atoms with E-state index in [0.29, 0.717) is 11.3 Å². The highest BCUT2D eigenvalue weighted by Gasteiger charge is 2.32. The Hall–Kier alpha value is -4.18. The molecule has 0 aromatic heterocycles. The minimum absolute atomic E-state index is 0.121. The van der Waals surface area contributed by atoms with Crippen LogP contribution in [0.1, 0.15) is 38.9 Å². The number of carbonyl (C=O) groups excluding carboxylic acids is 2. The van der Waals surface area contributed by atoms with Gasteiger partial charge in [0.15, 0.2) is 0 Å². The highest BCUT2D eigenvalue weighted by atomic mass is 16.5. The van der Waals surface area contributed by atoms with Crippen molar-refractivity contribution in [3.05, 3.63) is 138 Å². The molecule has 1 N–H and O–H groups in total. The summed E-state index contributed by atoms with van der Waals surface area (Å²) < 4.78 is 4.76. The topological polar surface area (TPSA) is 55.4 Å². The highest BCUT2D eigenvalue weighted by Crippen LogP contribution is 2.39. The van der Waals surface area contributed by atoms with E-state index in [0.717, 1.165) is 16.7 Å². The first-order chi connectivity index (χ1) is 16.2. The molecule has 0 saturated heterocycles. The largest absolute Gasteiger partial charge is 0.465 e. The Morgan fingerprint density at radius 3 is 1.55 bits per heavy atom. The lowest BCUT2D eigenvalue weighted by atomic mass is 9.76. The second kappa shape index (κ2) is 10.4. The molecular formula is C29H25NO3. The number of hydrogen-bond donors (Lipinski definition) is 1. The van der Waals surface area contributed by atoms with E-state index >= 15 is 0 Å². The van der Waals surface area contributed by atoms with Gasteiger partial charge in [0.2, 0.25) is 5.91 Å². The number of anilines is 1. The van der Waals surface area contributed by atoms with E-state index in [4.69, 9.17) is 4.74 Å². The minimum atomic E-state index is -0.462. The molecule has 0 saturated carbocycles. The molecule has 0 aliphatic heterocycles. The van der Waals surface area contributed by atoms with Gasteiger partial charge < -0.3 is 10.1 Å². The lowest BCUT2D eigenvalue weighted by molar-refractivity contribution is -0.117. The maximum atomic E-state index is 13.8. The van der Waals surface area contributed by atoms with Crippen LogP contribution >= 0.6 is 0 Å². The number of benzene rings is 4. The van der Waals surface area contributed by atoms with Gasteiger partial charge in [-0.3, -0.25) is 4.79 Å². The molecule has 4 aromatic carbocycles. The summed E-state index contributed by atoms with van der Waals surface area (Å²) in [6.07, 6.45) is 0. The molecule has 0 fully saturated rings. The predicted molar refractivity (Wildman–Crippen MR) is 130 cm³/mol. The van der Waals surface area contributed by atoms with Crippen molar-refractivity contribution in [1.29, 1.82) is 0 Å². The van der Waals surface area contributed by atoms with Crippen molar-refractivity contribution in [3.63, 3.8) is 0 Å². The van der Waals surface area contributed by atoms with Gasteiger partial charge in [-0.25, -0.2) is 4.79 Å². The highest BCUT2D eigenvalue weighted by molar-refractivity contribution is 5.97. The molecule has 4 aromatic rings. The second-order valence-electron chi connectivity index (χ2n) is 7.75. The lowest BCUT2D eigenvalue weighted by Gasteiger charge is -2.28. The summed E-state index contributed by atoms with van der Waals surface area (Å²) in [6.45, 7) is 0. The first-order valence-electron chi connectivity index (χ1n) is 10.8. The van der Waals surface area contributed by atoms with Crippen LogP contribution in [0.5, 0.6) is 0 Å². The molecule has 0 heterocycles. The standard InChI is InChI=1S/C29H25NO3/c1-33-29(32)24-17-19-25(20-18-24)30-28(31)27(23-15-9-4-10-16-23)26(21-11-5-2-6-12-21)22-13-7-3-8-14-22/h2-20,26-27H,1H3,(H,30,31). The molecule has 0 aliphatic carbocycles. The summed E-state index contributed by atoms with van der Waals surface area (Å²) in [5, 5.41) is 3.05. The average molecular weight is 436 g/mol. The molecule has 33 heavy (non-hydrogen) atoms. The summed E-state index contributed by atoms with van der Waals surface area (Å²) >= 11 is 0. The first kappa shape index (κ1) is 22.0. The van der Waals surface area contributed by atoms with E-state index < -0.39 is 11.9 Å². The number of methoxy groups -OCH3 is 1. The van der Waals surface area contributed by atoms with Gasteiger partial charge in [0.1, 0.15) is 0 Å². The SMILES string of the molecule is COC(=O)c1ccc(NC(=O)C(c2ccccc2)C(c2ccccc2)c2ccccc2)cc1. The van der Waals surface area contributed by atoms with Gasteiger partial charge in [-0.05, 0) is 41.0 Å². The number of carbonyl (C=O) groups is 2. The zero-order chi connectivity index (χ0) is 23.0. The first-order valence-corrected chi connectivity index (χ1v) is 10.8. The number of amides is 1. The molecular weight excluding hydrogens is 410 g/mol. The Bertz CT molecular complexity index is 1150. The molecule has 0 spiro atoms. The van der Waals surface area contributed by atoms with Gasteiger partial charge >= 0.3 is 5.97 Å². The minimum Gasteiger partial charge on any atom is -0.465 e. The van der Waals surface area contributed by atoms with Crippen molar-refractivity contribution in [2.45, 2.75) is 11.8 Å². The van der Waals surface area contributed by atoms with Crippen LogP contribution in [0.2, 0.25) is 0 Å². The summed E-state index contributed by atoms with van der Waals surface area (Å²) in [7, 11) is 1.34. The van der Waals surface area contributed by atoms with E-state index in [9.17, 15) is 9.59 Å². The maximum Gasteiger partial charge on any atom is 0.337 e. The predicted octanol–water partition coefficient (Wildman–Crippen LogP) is 6.03. The molecule has 164 valence electrons. The van der Waals surface area contributed by atoms with Crippen molar-refractivity contribution in [2.75, 3.05) is 12.4 Å². The zero-order valence-corrected chi connectivity index (χ0v) is 18.3. The monoisotopic (exact) mass is 435 g/mol. The number of nitrogens with one attached hydrogen (secondary N) is 1. The Labute approximate surface area is 193 Å². The van der Waals surface area contributed by atoms with E-state index in [1.807, 2.05) is 66.7 Å². The molecule has 4 rings (SSSR count). The van der Waals surface area contributed by atoms with Crippen LogP contribution in [0, 0.1) is 0 Å². The van der Waals surface area contributed by atoms with Crippen LogP contribution in [-0.4, -0.2) is 19.0 Å². The molecule has 0 aliphatic rings. The summed E-state index contributed by atoms with van der Waals surface area (Å²) in [5.41, 5.74) is 4.11. The van der Waals surface area contributed by atoms with Gasteiger partial charge in [-0.1, -0.05) is 91.0 Å². The number of rotatable bonds is 7. The van der Waals surface area contributed by atoms with Crippen molar-refractivity contribution >= 4 is 17.6 Å². The van der Waals surface area contributed by atoms with Crippen LogP contribution in [0.3, 0.4) is 0 Å². The van der Waals surface area contributed by atoms with E-state index in [1.165, 1.54) is 7.11 Å². The Morgan fingerprint density at radius 2 is 1.09 bits per heavy atom. The van der Waals surface area contributed by atoms with Crippen LogP contribution in [0.15, 0.2) is 115 Å². The van der Waals surface area contributed by atoms with E-state index in [1.54, 1.807) is 24.3 Å². The van der Waals surface area contributed by atoms with E-state index in [-0.39, 0.29) is 11.8 Å². The van der Waals surface area contributed by atoms with Gasteiger partial charge in [0.05, 0.1) is 18.6 Å². The van der Waals surface area contributed by atoms with Crippen LogP contribution in [0.4, 0.5) is 5.69 Å². The lowest BCUT2D eigenvalue weighted by Crippen LogP contribution is -2.27. The fourth-order valence-corrected chi connectivity index (χ4v) is 4.08. The maximum absolute atomic E-state index is 13.8. The van der Waals surface area contributed by atoms with Crippen molar-refractivity contribution < 1.29 is 14.3 Å². The quantitative estimate of drug-likeness (QED) is 0.361. The third-order valence-corrected chi connectivity index (χ3v) is 5.67. The number of ether oxygens (including phenoxy) is 1. The molecule has 1 atom stereocenters. The normalized spacial score (nSPS) is 11.6. The molecule has 4 nitrogen and oxygen atoms in total. The molecule has 0 bridgehead atoms. The van der Waals surface area contributed by atoms with E-state index in [2.05, 4.69) is 29.6 Å². The molecule has 0 radical (unpaired) electrons. The molecule has 4 heteroatoms. The van der Waals surface area contributed by atoms with Crippen LogP contribution in [0.25, 0.3) is 0 Å². The van der Waals surface area contributed by atoms with Crippen molar-refractivity contribution in [3.8, 4) is 0 Å². The molecule has 1 unspecified atom stereocenters. The second-order valence-corrected chi connectivity index (χ2v) is 7.75. The van der Waals surface area contributed by atoms with Gasteiger partial charge in [-0.15, -0.1) is 0 Å². The van der Waals surface area contributed by atoms with Crippen molar-refractivity contribution in [1.82, 2.24) is 0 Å². The fraction of sp³-hybridized carbons (Fsp3) is 0.103. The van der Waals surface area contributed by atoms with Gasteiger partial charge in [0, 0.05) is 11.6 Å². The Balaban J connectivity index is 1.74. The smallest absolute Gasteiger partial charge is 0.337 e. The van der Waals surface area contributed by atoms with Gasteiger partial charge in [0.25, 0.3) is 0 Å². The summed E-state index contributed by atoms with van der Waals surface area (Å²) in [4.78, 5) is 25.5. The van der Waals surface area contributed by atoms with Crippen LogP contribution in [-0.2, 0) is 9.53 Å². The summed E-state index contributed by atoms with van der Waals surface area (Å²) in [5.74, 6) is -1.17. The van der Waals surface area contributed by atoms with Gasteiger partial charge in [-0.2, -0.15) is 0 Å². The Morgan fingerprint density at radius 1 is 0.636 bits per heavy atom. The summed E-state index contributed by atoms with van der Waals surface area (Å²) in [6, 6.07) is 36.7. The average Bonchev–Trinajstić information content (AvgIpc) is 2.88. The van der Waals surface area contributed by atoms with Crippen LogP contribution < -0.4 is 5.32 Å². The third kappa shape index (κ3) is 5.18. The third-order valence-electron chi connectivity index (χ3n) is 5.67. The number of esters is 1. The fourth-order valence-electron chi connectivity index (χ4n) is 4.08. The Kier molecular flexibility index (Phi) is 6.96. The zero-order valence-electron chi connectivity index (χ0n) is 18.3. The molecule has 1 amide bonds. The van der Waals surface area contributed by atoms with Crippen molar-refractivity contribution in [2.24, 2.45) is 0 Å². The number of hydrogen-bond acceptors (Lipinski definition) is 3.